The van der Waals surface area contributed by atoms with E-state index in [2.05, 4.69) is 0 Å². The molecule has 0 aliphatic rings. The van der Waals surface area contributed by atoms with Gasteiger partial charge in [-0.15, -0.1) is 0 Å². The third-order valence-corrected chi connectivity index (χ3v) is 1.89. The molecule has 1 N–H and O–H groups in total. The van der Waals surface area contributed by atoms with E-state index in [1.807, 2.05) is 6.07 Å². The molecule has 0 atom stereocenters. The van der Waals surface area contributed by atoms with Crippen LogP contribution in [0.25, 0.3) is 0 Å². The van der Waals surface area contributed by atoms with Crippen LogP contribution in [0.4, 0.5) is 5.69 Å². The van der Waals surface area contributed by atoms with E-state index >= 15 is 0 Å². The molecular formula is C9H8N2O4. The molecule has 15 heavy (non-hydrogen) atoms. The molecule has 0 unspecified atom stereocenters. The lowest BCUT2D eigenvalue weighted by Gasteiger charge is -2.05. The first-order valence-electron chi connectivity index (χ1n) is 4.00. The van der Waals surface area contributed by atoms with Crippen LogP contribution >= 0.6 is 0 Å². The normalized spacial score (nSPS) is 9.40. The molecule has 6 nitrogen and oxygen atoms in total. The van der Waals surface area contributed by atoms with Crippen molar-refractivity contribution in [1.29, 1.82) is 5.26 Å². The number of aliphatic hydroxyl groups is 1. The smallest absolute Gasteiger partial charge is 0.278 e. The van der Waals surface area contributed by atoms with Crippen molar-refractivity contribution in [2.75, 3.05) is 7.11 Å². The molecule has 0 saturated carbocycles. The lowest BCUT2D eigenvalue weighted by atomic mass is 10.1. The van der Waals surface area contributed by atoms with E-state index in [0.29, 0.717) is 0 Å². The van der Waals surface area contributed by atoms with Crippen LogP contribution in [0, 0.1) is 21.4 Å². The van der Waals surface area contributed by atoms with Gasteiger partial charge in [-0.2, -0.15) is 5.26 Å². The summed E-state index contributed by atoms with van der Waals surface area (Å²) in [6.07, 6.45) is 0. The summed E-state index contributed by atoms with van der Waals surface area (Å²) >= 11 is 0. The van der Waals surface area contributed by atoms with Crippen LogP contribution in [-0.4, -0.2) is 17.1 Å². The molecule has 6 heteroatoms. The first kappa shape index (κ1) is 10.9. The minimum atomic E-state index is -0.630. The first-order valence-corrected chi connectivity index (χ1v) is 4.00. The molecule has 0 aliphatic carbocycles. The van der Waals surface area contributed by atoms with Crippen LogP contribution in [0.15, 0.2) is 12.1 Å². The molecule has 1 rings (SSSR count). The molecule has 0 aliphatic heterocycles. The maximum atomic E-state index is 10.6. The molecular weight excluding hydrogens is 200 g/mol. The molecule has 0 saturated heterocycles. The van der Waals surface area contributed by atoms with E-state index in [-0.39, 0.29) is 22.6 Å². The molecule has 0 fully saturated rings. The highest BCUT2D eigenvalue weighted by atomic mass is 16.6. The summed E-state index contributed by atoms with van der Waals surface area (Å²) in [5, 5.41) is 28.2. The zero-order chi connectivity index (χ0) is 11.4. The predicted octanol–water partition coefficient (Wildman–Crippen LogP) is 0.967. The van der Waals surface area contributed by atoms with Crippen molar-refractivity contribution in [3.05, 3.63) is 33.4 Å². The average Bonchev–Trinajstić information content (AvgIpc) is 2.26. The number of nitrogens with zero attached hydrogens (tertiary/aromatic N) is 2. The fourth-order valence-electron chi connectivity index (χ4n) is 1.17. The minimum absolute atomic E-state index is 0.0948. The van der Waals surface area contributed by atoms with E-state index < -0.39 is 11.5 Å². The largest absolute Gasteiger partial charge is 0.495 e. The van der Waals surface area contributed by atoms with Gasteiger partial charge in [-0.25, -0.2) is 0 Å². The maximum absolute atomic E-state index is 10.6. The average molecular weight is 208 g/mol. The van der Waals surface area contributed by atoms with Gasteiger partial charge in [0.2, 0.25) is 0 Å². The fourth-order valence-corrected chi connectivity index (χ4v) is 1.17. The summed E-state index contributed by atoms with van der Waals surface area (Å²) < 4.78 is 4.82. The van der Waals surface area contributed by atoms with Gasteiger partial charge in [-0.1, -0.05) is 0 Å². The number of nitro groups is 1. The molecule has 0 bridgehead atoms. The Morgan fingerprint density at radius 2 is 2.33 bits per heavy atom. The van der Waals surface area contributed by atoms with E-state index in [4.69, 9.17) is 15.1 Å². The zero-order valence-corrected chi connectivity index (χ0v) is 7.93. The Labute approximate surface area is 85.5 Å². The quantitative estimate of drug-likeness (QED) is 0.589. The van der Waals surface area contributed by atoms with E-state index in [1.54, 1.807) is 0 Å². The summed E-state index contributed by atoms with van der Waals surface area (Å²) in [6, 6.07) is 4.20. The number of hydrogen-bond donors (Lipinski definition) is 1. The second kappa shape index (κ2) is 4.39. The summed E-state index contributed by atoms with van der Waals surface area (Å²) in [6.45, 7) is -0.491. The number of hydrogen-bond acceptors (Lipinski definition) is 5. The Kier molecular flexibility index (Phi) is 3.21. The number of methoxy groups -OCH3 is 1. The van der Waals surface area contributed by atoms with Crippen molar-refractivity contribution >= 4 is 5.69 Å². The van der Waals surface area contributed by atoms with Crippen molar-refractivity contribution in [1.82, 2.24) is 0 Å². The standard InChI is InChI=1S/C9H8N2O4/c1-15-9-3-8(11(13)14)7(5-12)2-6(9)4-10/h2-3,12H,5H2,1H3. The highest BCUT2D eigenvalue weighted by Crippen LogP contribution is 2.28. The van der Waals surface area contributed by atoms with Crippen molar-refractivity contribution in [2.24, 2.45) is 0 Å². The molecule has 1 aromatic carbocycles. The Hall–Kier alpha value is -2.13. The molecule has 0 spiro atoms. The number of ether oxygens (including phenoxy) is 1. The van der Waals surface area contributed by atoms with Crippen LogP contribution < -0.4 is 4.74 Å². The third-order valence-electron chi connectivity index (χ3n) is 1.89. The van der Waals surface area contributed by atoms with Crippen LogP contribution in [0.3, 0.4) is 0 Å². The van der Waals surface area contributed by atoms with Crippen molar-refractivity contribution in [2.45, 2.75) is 6.61 Å². The van der Waals surface area contributed by atoms with Gasteiger partial charge in [0.1, 0.15) is 11.8 Å². The van der Waals surface area contributed by atoms with Gasteiger partial charge in [0, 0.05) is 0 Å². The lowest BCUT2D eigenvalue weighted by molar-refractivity contribution is -0.385. The topological polar surface area (TPSA) is 96.4 Å². The highest BCUT2D eigenvalue weighted by Gasteiger charge is 2.17. The number of rotatable bonds is 3. The summed E-state index contributed by atoms with van der Waals surface area (Å²) in [4.78, 5) is 9.97. The van der Waals surface area contributed by atoms with Gasteiger partial charge in [0.15, 0.2) is 0 Å². The molecule has 78 valence electrons. The lowest BCUT2D eigenvalue weighted by Crippen LogP contribution is -1.98. The molecule has 0 amide bonds. The summed E-state index contributed by atoms with van der Waals surface area (Å²) in [7, 11) is 1.32. The van der Waals surface area contributed by atoms with Crippen LogP contribution in [0.1, 0.15) is 11.1 Å². The van der Waals surface area contributed by atoms with Gasteiger partial charge in [-0.05, 0) is 6.07 Å². The van der Waals surface area contributed by atoms with Crippen LogP contribution in [0.2, 0.25) is 0 Å². The number of nitriles is 1. The second-order valence-corrected chi connectivity index (χ2v) is 2.71. The van der Waals surface area contributed by atoms with Gasteiger partial charge >= 0.3 is 0 Å². The van der Waals surface area contributed by atoms with Crippen molar-refractivity contribution in [3.63, 3.8) is 0 Å². The number of aliphatic hydroxyl groups excluding tert-OH is 1. The Morgan fingerprint density at radius 3 is 2.73 bits per heavy atom. The zero-order valence-electron chi connectivity index (χ0n) is 7.93. The third kappa shape index (κ3) is 2.03. The van der Waals surface area contributed by atoms with Gasteiger partial charge in [-0.3, -0.25) is 10.1 Å². The Balaban J connectivity index is 3.42. The molecule has 0 radical (unpaired) electrons. The Morgan fingerprint density at radius 1 is 1.67 bits per heavy atom. The van der Waals surface area contributed by atoms with Crippen molar-refractivity contribution < 1.29 is 14.8 Å². The number of benzene rings is 1. The van der Waals surface area contributed by atoms with Gasteiger partial charge < -0.3 is 9.84 Å². The summed E-state index contributed by atoms with van der Waals surface area (Å²) in [5.74, 6) is 0.126. The van der Waals surface area contributed by atoms with E-state index in [0.717, 1.165) is 6.07 Å². The first-order chi connectivity index (χ1) is 7.13. The predicted molar refractivity (Wildman–Crippen MR) is 50.3 cm³/mol. The van der Waals surface area contributed by atoms with E-state index in [1.165, 1.54) is 13.2 Å². The van der Waals surface area contributed by atoms with Gasteiger partial charge in [0.05, 0.1) is 35.8 Å². The summed E-state index contributed by atoms with van der Waals surface area (Å²) in [5.41, 5.74) is -0.00199. The SMILES string of the molecule is COc1cc([N+](=O)[O-])c(CO)cc1C#N. The monoisotopic (exact) mass is 208 g/mol. The highest BCUT2D eigenvalue weighted by molar-refractivity contribution is 5.54. The molecule has 0 heterocycles. The maximum Gasteiger partial charge on any atom is 0.278 e. The molecule has 0 aromatic heterocycles. The number of nitro benzene ring substituents is 1. The van der Waals surface area contributed by atoms with Gasteiger partial charge in [0.25, 0.3) is 5.69 Å². The Bertz CT molecular complexity index is 436. The second-order valence-electron chi connectivity index (χ2n) is 2.71. The van der Waals surface area contributed by atoms with Crippen molar-refractivity contribution in [3.8, 4) is 11.8 Å². The van der Waals surface area contributed by atoms with E-state index in [9.17, 15) is 10.1 Å². The minimum Gasteiger partial charge on any atom is -0.495 e. The van der Waals surface area contributed by atoms with Crippen LogP contribution in [0.5, 0.6) is 5.75 Å². The fraction of sp³-hybridized carbons (Fsp3) is 0.222. The van der Waals surface area contributed by atoms with Crippen LogP contribution in [-0.2, 0) is 6.61 Å². The molecule has 1 aromatic rings.